The van der Waals surface area contributed by atoms with E-state index in [9.17, 15) is 10.1 Å². The van der Waals surface area contributed by atoms with Gasteiger partial charge in [0.1, 0.15) is 11.0 Å². The minimum Gasteiger partial charge on any atom is -0.307 e. The SMILES string of the molecule is CC1(C)CCCC[C@H]1c1ncc(N2CCN3CCN(C#N)C[C@@H]3C2=O)s1. The maximum absolute atomic E-state index is 13.1. The number of carbonyl (C=O) groups excluding carboxylic acids is 1. The Morgan fingerprint density at radius 2 is 2.08 bits per heavy atom. The molecule has 1 aromatic rings. The number of fused-ring (bicyclic) bond motifs is 1. The topological polar surface area (TPSA) is 63.5 Å². The maximum Gasteiger partial charge on any atom is 0.246 e. The van der Waals surface area contributed by atoms with Gasteiger partial charge in [-0.15, -0.1) is 11.3 Å². The third-order valence-corrected chi connectivity index (χ3v) is 7.51. The molecule has 0 N–H and O–H groups in total. The first-order valence-electron chi connectivity index (χ1n) is 9.65. The monoisotopic (exact) mass is 373 g/mol. The second kappa shape index (κ2) is 6.82. The summed E-state index contributed by atoms with van der Waals surface area (Å²) in [6.45, 7) is 8.31. The zero-order valence-electron chi connectivity index (χ0n) is 15.6. The molecule has 3 heterocycles. The molecule has 1 saturated carbocycles. The Morgan fingerprint density at radius 1 is 1.27 bits per heavy atom. The van der Waals surface area contributed by atoms with Crippen LogP contribution in [0.4, 0.5) is 5.00 Å². The second-order valence-corrected chi connectivity index (χ2v) is 9.45. The highest BCUT2D eigenvalue weighted by molar-refractivity contribution is 7.16. The van der Waals surface area contributed by atoms with E-state index in [1.54, 1.807) is 16.2 Å². The molecule has 3 aliphatic rings. The number of aromatic nitrogens is 1. The van der Waals surface area contributed by atoms with Crippen molar-refractivity contribution >= 4 is 22.2 Å². The normalized spacial score (nSPS) is 29.3. The van der Waals surface area contributed by atoms with E-state index in [0.29, 0.717) is 12.5 Å². The summed E-state index contributed by atoms with van der Waals surface area (Å²) in [5, 5.41) is 11.3. The molecule has 7 heteroatoms. The third kappa shape index (κ3) is 3.10. The van der Waals surface area contributed by atoms with Gasteiger partial charge in [0.25, 0.3) is 0 Å². The summed E-state index contributed by atoms with van der Waals surface area (Å²) in [5.41, 5.74) is 0.284. The molecule has 140 valence electrons. The number of rotatable bonds is 2. The zero-order valence-corrected chi connectivity index (χ0v) is 16.5. The Kier molecular flexibility index (Phi) is 4.66. The van der Waals surface area contributed by atoms with Crippen LogP contribution >= 0.6 is 11.3 Å². The molecule has 1 aromatic heterocycles. The number of amides is 1. The van der Waals surface area contributed by atoms with Crippen LogP contribution in [-0.2, 0) is 4.79 Å². The Labute approximate surface area is 159 Å². The van der Waals surface area contributed by atoms with Gasteiger partial charge in [-0.25, -0.2) is 4.98 Å². The highest BCUT2D eigenvalue weighted by atomic mass is 32.1. The number of hydrogen-bond acceptors (Lipinski definition) is 6. The number of anilines is 1. The first-order chi connectivity index (χ1) is 12.5. The molecular formula is C19H27N5OS. The van der Waals surface area contributed by atoms with Crippen LogP contribution in [-0.4, -0.2) is 59.5 Å². The van der Waals surface area contributed by atoms with Crippen molar-refractivity contribution in [2.24, 2.45) is 5.41 Å². The van der Waals surface area contributed by atoms with Crippen LogP contribution in [0.3, 0.4) is 0 Å². The smallest absolute Gasteiger partial charge is 0.246 e. The number of nitriles is 1. The van der Waals surface area contributed by atoms with Gasteiger partial charge < -0.3 is 4.90 Å². The lowest BCUT2D eigenvalue weighted by Crippen LogP contribution is -2.64. The molecule has 0 unspecified atom stereocenters. The van der Waals surface area contributed by atoms with Gasteiger partial charge in [0.05, 0.1) is 17.7 Å². The van der Waals surface area contributed by atoms with Crippen molar-refractivity contribution in [2.45, 2.75) is 51.5 Å². The van der Waals surface area contributed by atoms with Gasteiger partial charge in [0.2, 0.25) is 5.91 Å². The highest BCUT2D eigenvalue weighted by Gasteiger charge is 2.40. The molecule has 2 aliphatic heterocycles. The van der Waals surface area contributed by atoms with Gasteiger partial charge in [-0.3, -0.25) is 14.6 Å². The van der Waals surface area contributed by atoms with Crippen molar-refractivity contribution in [3.05, 3.63) is 11.2 Å². The lowest BCUT2D eigenvalue weighted by Gasteiger charge is -2.44. The first kappa shape index (κ1) is 17.7. The molecular weight excluding hydrogens is 346 g/mol. The highest BCUT2D eigenvalue weighted by Crippen LogP contribution is 2.48. The molecule has 3 fully saturated rings. The Balaban J connectivity index is 1.52. The van der Waals surface area contributed by atoms with Crippen LogP contribution < -0.4 is 4.90 Å². The molecule has 0 aromatic carbocycles. The molecule has 1 amide bonds. The summed E-state index contributed by atoms with van der Waals surface area (Å²) in [6.07, 6.45) is 9.10. The van der Waals surface area contributed by atoms with E-state index in [0.717, 1.165) is 31.2 Å². The minimum absolute atomic E-state index is 0.120. The average molecular weight is 374 g/mol. The minimum atomic E-state index is -0.200. The number of hydrogen-bond donors (Lipinski definition) is 0. The van der Waals surface area contributed by atoms with Crippen molar-refractivity contribution in [3.8, 4) is 6.19 Å². The summed E-state index contributed by atoms with van der Waals surface area (Å²) in [5.74, 6) is 0.615. The van der Waals surface area contributed by atoms with Crippen molar-refractivity contribution in [1.82, 2.24) is 14.8 Å². The fourth-order valence-corrected chi connectivity index (χ4v) is 5.96. The summed E-state index contributed by atoms with van der Waals surface area (Å²) in [6, 6.07) is -0.200. The van der Waals surface area contributed by atoms with E-state index in [1.807, 2.05) is 11.1 Å². The fraction of sp³-hybridized carbons (Fsp3) is 0.737. The predicted octanol–water partition coefficient (Wildman–Crippen LogP) is 2.64. The molecule has 4 rings (SSSR count). The van der Waals surface area contributed by atoms with E-state index in [-0.39, 0.29) is 17.4 Å². The number of carbonyl (C=O) groups is 1. The quantitative estimate of drug-likeness (QED) is 0.746. The molecule has 1 aliphatic carbocycles. The van der Waals surface area contributed by atoms with Gasteiger partial charge in [-0.05, 0) is 18.3 Å². The molecule has 6 nitrogen and oxygen atoms in total. The van der Waals surface area contributed by atoms with Crippen molar-refractivity contribution in [2.75, 3.05) is 37.6 Å². The number of thiazole rings is 1. The maximum atomic E-state index is 13.1. The third-order valence-electron chi connectivity index (χ3n) is 6.38. The molecule has 26 heavy (non-hydrogen) atoms. The molecule has 0 bridgehead atoms. The molecule has 0 radical (unpaired) electrons. The van der Waals surface area contributed by atoms with Crippen LogP contribution in [0, 0.1) is 16.9 Å². The van der Waals surface area contributed by atoms with Crippen molar-refractivity contribution in [3.63, 3.8) is 0 Å². The number of nitrogens with zero attached hydrogens (tertiary/aromatic N) is 5. The standard InChI is InChI=1S/C19H27N5OS/c1-19(2)6-4-3-5-14(19)17-21-11-16(26-17)24-10-9-23-8-7-22(13-20)12-15(23)18(24)25/h11,14-15H,3-10,12H2,1-2H3/t14-,15+/m0/s1. The molecule has 2 atom stereocenters. The van der Waals surface area contributed by atoms with Crippen molar-refractivity contribution in [1.29, 1.82) is 5.26 Å². The van der Waals surface area contributed by atoms with Gasteiger partial charge in [-0.1, -0.05) is 26.7 Å². The van der Waals surface area contributed by atoms with Gasteiger partial charge >= 0.3 is 0 Å². The van der Waals surface area contributed by atoms with E-state index in [2.05, 4.69) is 24.9 Å². The van der Waals surface area contributed by atoms with Gasteiger partial charge in [0.15, 0.2) is 6.19 Å². The zero-order chi connectivity index (χ0) is 18.3. The summed E-state index contributed by atoms with van der Waals surface area (Å²) in [4.78, 5) is 23.6. The average Bonchev–Trinajstić information content (AvgIpc) is 3.11. The Morgan fingerprint density at radius 3 is 2.85 bits per heavy atom. The van der Waals surface area contributed by atoms with Crippen LogP contribution in [0.25, 0.3) is 0 Å². The Bertz CT molecular complexity index is 724. The molecule has 2 saturated heterocycles. The van der Waals surface area contributed by atoms with E-state index in [4.69, 9.17) is 4.98 Å². The summed E-state index contributed by atoms with van der Waals surface area (Å²) in [7, 11) is 0. The van der Waals surface area contributed by atoms with Gasteiger partial charge in [0, 0.05) is 32.1 Å². The molecule has 0 spiro atoms. The van der Waals surface area contributed by atoms with Crippen LogP contribution in [0.15, 0.2) is 6.20 Å². The second-order valence-electron chi connectivity index (χ2n) is 8.41. The van der Waals surface area contributed by atoms with E-state index < -0.39 is 0 Å². The lowest BCUT2D eigenvalue weighted by atomic mass is 9.69. The summed E-state index contributed by atoms with van der Waals surface area (Å²) < 4.78 is 0. The van der Waals surface area contributed by atoms with Crippen LogP contribution in [0.5, 0.6) is 0 Å². The largest absolute Gasteiger partial charge is 0.307 e. The lowest BCUT2D eigenvalue weighted by molar-refractivity contribution is -0.127. The van der Waals surface area contributed by atoms with Crippen LogP contribution in [0.1, 0.15) is 50.5 Å². The number of piperazine rings is 2. The van der Waals surface area contributed by atoms with E-state index in [1.165, 1.54) is 30.7 Å². The van der Waals surface area contributed by atoms with E-state index >= 15 is 0 Å². The van der Waals surface area contributed by atoms with Crippen LogP contribution in [0.2, 0.25) is 0 Å². The Hall–Kier alpha value is -1.65. The predicted molar refractivity (Wildman–Crippen MR) is 102 cm³/mol. The first-order valence-corrected chi connectivity index (χ1v) is 10.5. The van der Waals surface area contributed by atoms with Gasteiger partial charge in [-0.2, -0.15) is 5.26 Å². The summed E-state index contributed by atoms with van der Waals surface area (Å²) >= 11 is 1.69. The van der Waals surface area contributed by atoms with Crippen molar-refractivity contribution < 1.29 is 4.79 Å². The fourth-order valence-electron chi connectivity index (χ4n) is 4.67.